The molecular weight excluding hydrogens is 337 g/mol. The molecule has 1 aromatic heterocycles. The van der Waals surface area contributed by atoms with Crippen LogP contribution in [0.25, 0.3) is 0 Å². The normalized spacial score (nSPS) is 12.0. The Kier molecular flexibility index (Phi) is 5.80. The smallest absolute Gasteiger partial charge is 0.272 e. The second-order valence-corrected chi connectivity index (χ2v) is 5.98. The number of nitrogens with zero attached hydrogens (tertiary/aromatic N) is 2. The van der Waals surface area contributed by atoms with Gasteiger partial charge in [-0.2, -0.15) is 5.10 Å². The summed E-state index contributed by atoms with van der Waals surface area (Å²) >= 11 is 12.0. The summed E-state index contributed by atoms with van der Waals surface area (Å²) in [6.07, 6.45) is 1.63. The molecule has 0 saturated heterocycles. The number of carbonyl (C=O) groups excluding carboxylic acids is 1. The highest BCUT2D eigenvalue weighted by atomic mass is 35.5. The van der Waals surface area contributed by atoms with Crippen LogP contribution in [0.2, 0.25) is 10.0 Å². The van der Waals surface area contributed by atoms with E-state index < -0.39 is 0 Å². The predicted octanol–water partition coefficient (Wildman–Crippen LogP) is 3.36. The lowest BCUT2D eigenvalue weighted by atomic mass is 10.0. The fraction of sp³-hybridized carbons (Fsp3) is 0.312. The fourth-order valence-corrected chi connectivity index (χ4v) is 2.50. The standard InChI is InChI=1S/C16H17Cl2N3O2/c1-3-4-13(10-5-6-11(17)12(18)9-10)19-16(23)14-7-8-15(22)21(2)20-14/h5-9,13H,3-4H2,1-2H3,(H,19,23)/t13-/m0/s1. The van der Waals surface area contributed by atoms with E-state index in [-0.39, 0.29) is 23.2 Å². The van der Waals surface area contributed by atoms with Gasteiger partial charge in [0.15, 0.2) is 0 Å². The van der Waals surface area contributed by atoms with Gasteiger partial charge in [0.1, 0.15) is 5.69 Å². The first-order valence-corrected chi connectivity index (χ1v) is 7.98. The lowest BCUT2D eigenvalue weighted by Crippen LogP contribution is -2.31. The molecule has 1 N–H and O–H groups in total. The maximum Gasteiger partial charge on any atom is 0.272 e. The first-order chi connectivity index (χ1) is 10.9. The molecule has 1 atom stereocenters. The van der Waals surface area contributed by atoms with Gasteiger partial charge in [-0.1, -0.05) is 42.6 Å². The molecule has 0 aliphatic heterocycles. The van der Waals surface area contributed by atoms with Crippen molar-refractivity contribution in [2.24, 2.45) is 7.05 Å². The number of rotatable bonds is 5. The number of amides is 1. The number of nitrogens with one attached hydrogen (secondary N) is 1. The van der Waals surface area contributed by atoms with Crippen LogP contribution in [0.15, 0.2) is 35.1 Å². The van der Waals surface area contributed by atoms with Crippen molar-refractivity contribution in [2.75, 3.05) is 0 Å². The zero-order chi connectivity index (χ0) is 17.0. The van der Waals surface area contributed by atoms with Gasteiger partial charge in [0, 0.05) is 13.1 Å². The van der Waals surface area contributed by atoms with E-state index in [2.05, 4.69) is 10.4 Å². The summed E-state index contributed by atoms with van der Waals surface area (Å²) in [4.78, 5) is 23.7. The summed E-state index contributed by atoms with van der Waals surface area (Å²) in [6, 6.07) is 7.81. The van der Waals surface area contributed by atoms with Crippen molar-refractivity contribution in [1.29, 1.82) is 0 Å². The Balaban J connectivity index is 2.24. The highest BCUT2D eigenvalue weighted by Crippen LogP contribution is 2.27. The van der Waals surface area contributed by atoms with E-state index in [0.717, 1.165) is 23.1 Å². The summed E-state index contributed by atoms with van der Waals surface area (Å²) in [7, 11) is 1.50. The van der Waals surface area contributed by atoms with Gasteiger partial charge in [-0.15, -0.1) is 0 Å². The quantitative estimate of drug-likeness (QED) is 0.896. The Morgan fingerprint density at radius 2 is 2.00 bits per heavy atom. The Morgan fingerprint density at radius 1 is 1.26 bits per heavy atom. The molecule has 1 heterocycles. The van der Waals surface area contributed by atoms with E-state index >= 15 is 0 Å². The number of hydrogen-bond donors (Lipinski definition) is 1. The van der Waals surface area contributed by atoms with Crippen molar-refractivity contribution in [1.82, 2.24) is 15.1 Å². The lowest BCUT2D eigenvalue weighted by Gasteiger charge is -2.19. The van der Waals surface area contributed by atoms with Gasteiger partial charge in [-0.05, 0) is 30.2 Å². The summed E-state index contributed by atoms with van der Waals surface area (Å²) in [5, 5.41) is 7.79. The SMILES string of the molecule is CCC[C@H](NC(=O)c1ccc(=O)n(C)n1)c1ccc(Cl)c(Cl)c1. The van der Waals surface area contributed by atoms with Crippen LogP contribution in [0.3, 0.4) is 0 Å². The molecule has 7 heteroatoms. The molecule has 0 fully saturated rings. The Morgan fingerprint density at radius 3 is 2.61 bits per heavy atom. The van der Waals surface area contributed by atoms with Crippen LogP contribution in [0, 0.1) is 0 Å². The van der Waals surface area contributed by atoms with Gasteiger partial charge in [0.05, 0.1) is 16.1 Å². The Hall–Kier alpha value is -1.85. The number of aryl methyl sites for hydroxylation is 1. The monoisotopic (exact) mass is 353 g/mol. The van der Waals surface area contributed by atoms with Crippen LogP contribution >= 0.6 is 23.2 Å². The van der Waals surface area contributed by atoms with Crippen molar-refractivity contribution in [2.45, 2.75) is 25.8 Å². The number of benzene rings is 1. The minimum absolute atomic E-state index is 0.188. The molecule has 0 bridgehead atoms. The highest BCUT2D eigenvalue weighted by Gasteiger charge is 2.17. The molecule has 2 rings (SSSR count). The van der Waals surface area contributed by atoms with Crippen molar-refractivity contribution < 1.29 is 4.79 Å². The summed E-state index contributed by atoms with van der Waals surface area (Å²) in [5.41, 5.74) is 0.795. The van der Waals surface area contributed by atoms with Gasteiger partial charge < -0.3 is 5.32 Å². The van der Waals surface area contributed by atoms with Crippen LogP contribution in [0.5, 0.6) is 0 Å². The zero-order valence-electron chi connectivity index (χ0n) is 12.8. The van der Waals surface area contributed by atoms with Gasteiger partial charge in [-0.3, -0.25) is 9.59 Å². The van der Waals surface area contributed by atoms with Crippen LogP contribution < -0.4 is 10.9 Å². The first kappa shape index (κ1) is 17.5. The fourth-order valence-electron chi connectivity index (χ4n) is 2.20. The average Bonchev–Trinajstić information content (AvgIpc) is 2.52. The van der Waals surface area contributed by atoms with E-state index in [1.54, 1.807) is 12.1 Å². The minimum atomic E-state index is -0.342. The van der Waals surface area contributed by atoms with Gasteiger partial charge in [0.25, 0.3) is 11.5 Å². The van der Waals surface area contributed by atoms with Crippen molar-refractivity contribution in [3.05, 3.63) is 62.0 Å². The molecule has 0 spiro atoms. The Bertz CT molecular complexity index is 774. The topological polar surface area (TPSA) is 64.0 Å². The minimum Gasteiger partial charge on any atom is -0.344 e. The van der Waals surface area contributed by atoms with E-state index in [4.69, 9.17) is 23.2 Å². The van der Waals surface area contributed by atoms with Gasteiger partial charge >= 0.3 is 0 Å². The van der Waals surface area contributed by atoms with Crippen molar-refractivity contribution in [3.8, 4) is 0 Å². The summed E-state index contributed by atoms with van der Waals surface area (Å²) in [6.45, 7) is 2.03. The van der Waals surface area contributed by atoms with E-state index in [0.29, 0.717) is 10.0 Å². The Labute approximate surface area is 144 Å². The van der Waals surface area contributed by atoms with E-state index in [1.807, 2.05) is 13.0 Å². The van der Waals surface area contributed by atoms with Crippen LogP contribution in [0.4, 0.5) is 0 Å². The molecular formula is C16H17Cl2N3O2. The second kappa shape index (κ2) is 7.62. The van der Waals surface area contributed by atoms with E-state index in [1.165, 1.54) is 19.2 Å². The third-order valence-electron chi connectivity index (χ3n) is 3.42. The second-order valence-electron chi connectivity index (χ2n) is 5.17. The molecule has 0 saturated carbocycles. The van der Waals surface area contributed by atoms with Crippen LogP contribution in [-0.2, 0) is 7.05 Å². The molecule has 5 nitrogen and oxygen atoms in total. The molecule has 0 aliphatic rings. The molecule has 0 aliphatic carbocycles. The van der Waals surface area contributed by atoms with Crippen LogP contribution in [-0.4, -0.2) is 15.7 Å². The van der Waals surface area contributed by atoms with Gasteiger partial charge in [0.2, 0.25) is 0 Å². The van der Waals surface area contributed by atoms with Crippen molar-refractivity contribution >= 4 is 29.1 Å². The van der Waals surface area contributed by atoms with Crippen molar-refractivity contribution in [3.63, 3.8) is 0 Å². The summed E-state index contributed by atoms with van der Waals surface area (Å²) < 4.78 is 1.13. The molecule has 1 aromatic carbocycles. The molecule has 0 radical (unpaired) electrons. The summed E-state index contributed by atoms with van der Waals surface area (Å²) in [5.74, 6) is -0.342. The van der Waals surface area contributed by atoms with E-state index in [9.17, 15) is 9.59 Å². The van der Waals surface area contributed by atoms with Crippen LogP contribution in [0.1, 0.15) is 41.9 Å². The molecule has 0 unspecified atom stereocenters. The number of aromatic nitrogens is 2. The third-order valence-corrected chi connectivity index (χ3v) is 4.16. The molecule has 1 amide bonds. The average molecular weight is 354 g/mol. The molecule has 122 valence electrons. The number of hydrogen-bond acceptors (Lipinski definition) is 3. The maximum absolute atomic E-state index is 12.4. The lowest BCUT2D eigenvalue weighted by molar-refractivity contribution is 0.0927. The van der Waals surface area contributed by atoms with Gasteiger partial charge in [-0.25, -0.2) is 4.68 Å². The largest absolute Gasteiger partial charge is 0.344 e. The maximum atomic E-state index is 12.4. The number of carbonyl (C=O) groups is 1. The highest BCUT2D eigenvalue weighted by molar-refractivity contribution is 6.42. The first-order valence-electron chi connectivity index (χ1n) is 7.22. The number of halogens is 2. The zero-order valence-corrected chi connectivity index (χ0v) is 14.4. The molecule has 23 heavy (non-hydrogen) atoms. The third kappa shape index (κ3) is 4.33. The predicted molar refractivity (Wildman–Crippen MR) is 91.1 cm³/mol. The molecule has 2 aromatic rings.